The fraction of sp³-hybridized carbons (Fsp3) is 0.385. The van der Waals surface area contributed by atoms with Crippen LogP contribution in [0.4, 0.5) is 0 Å². The molecule has 0 radical (unpaired) electrons. The summed E-state index contributed by atoms with van der Waals surface area (Å²) >= 11 is 0. The van der Waals surface area contributed by atoms with Gasteiger partial charge in [0.05, 0.1) is 6.54 Å². The summed E-state index contributed by atoms with van der Waals surface area (Å²) in [6.07, 6.45) is 3.85. The topological polar surface area (TPSA) is 79.5 Å². The van der Waals surface area contributed by atoms with Crippen molar-refractivity contribution in [2.45, 2.75) is 38.6 Å². The summed E-state index contributed by atoms with van der Waals surface area (Å²) in [5.41, 5.74) is 4.32. The molecule has 2 aliphatic rings. The van der Waals surface area contributed by atoms with Crippen molar-refractivity contribution in [3.05, 3.63) is 71.1 Å². The van der Waals surface area contributed by atoms with Gasteiger partial charge in [-0.2, -0.15) is 4.98 Å². The molecule has 1 saturated heterocycles. The molecule has 1 aromatic heterocycles. The molecule has 170 valence electrons. The summed E-state index contributed by atoms with van der Waals surface area (Å²) < 4.78 is 5.41. The van der Waals surface area contributed by atoms with Gasteiger partial charge in [0.2, 0.25) is 17.6 Å². The van der Waals surface area contributed by atoms with Crippen LogP contribution in [0.1, 0.15) is 46.6 Å². The second kappa shape index (κ2) is 9.67. The van der Waals surface area contributed by atoms with E-state index in [-0.39, 0.29) is 24.5 Å². The number of aryl methyl sites for hydroxylation is 2. The van der Waals surface area contributed by atoms with Crippen LogP contribution in [0.2, 0.25) is 0 Å². The zero-order valence-corrected chi connectivity index (χ0v) is 18.7. The number of Topliss-reactive ketones (excluding diaryl/α,β-unsaturated/α-hetero) is 1. The zero-order chi connectivity index (χ0) is 22.6. The van der Waals surface area contributed by atoms with Crippen LogP contribution in [0.5, 0.6) is 0 Å². The minimum Gasteiger partial charge on any atom is -0.340 e. The Kier molecular flexibility index (Phi) is 6.30. The normalized spacial score (nSPS) is 16.1. The first-order chi connectivity index (χ1) is 16.2. The van der Waals surface area contributed by atoms with E-state index in [4.69, 9.17) is 4.52 Å². The van der Waals surface area contributed by atoms with Gasteiger partial charge in [0.25, 0.3) is 0 Å². The van der Waals surface area contributed by atoms with Gasteiger partial charge in [-0.15, -0.1) is 0 Å². The van der Waals surface area contributed by atoms with E-state index in [1.54, 1.807) is 0 Å². The molecule has 0 spiro atoms. The van der Waals surface area contributed by atoms with Gasteiger partial charge in [-0.3, -0.25) is 14.5 Å². The number of aromatic nitrogens is 2. The van der Waals surface area contributed by atoms with E-state index in [0.717, 1.165) is 43.5 Å². The van der Waals surface area contributed by atoms with Gasteiger partial charge in [-0.25, -0.2) is 0 Å². The lowest BCUT2D eigenvalue weighted by Crippen LogP contribution is -2.48. The maximum atomic E-state index is 12.7. The van der Waals surface area contributed by atoms with Crippen LogP contribution in [-0.2, 0) is 24.2 Å². The standard InChI is InChI=1S/C26H28N4O3/c31-23(22-10-9-19-7-4-8-21(19)17-22)11-12-25(32)30-15-13-29(14-16-30)18-24-27-26(28-33-24)20-5-2-1-3-6-20/h1-3,5-6,9-10,17H,4,7-8,11-16,18H2. The molecule has 0 bridgehead atoms. The van der Waals surface area contributed by atoms with Crippen LogP contribution in [0.25, 0.3) is 11.4 Å². The fourth-order valence-electron chi connectivity index (χ4n) is 4.64. The first-order valence-corrected chi connectivity index (χ1v) is 11.7. The number of carbonyl (C=O) groups excluding carboxylic acids is 2. The number of amides is 1. The van der Waals surface area contributed by atoms with E-state index >= 15 is 0 Å². The number of piperazine rings is 1. The van der Waals surface area contributed by atoms with Crippen molar-refractivity contribution in [3.63, 3.8) is 0 Å². The summed E-state index contributed by atoms with van der Waals surface area (Å²) in [4.78, 5) is 33.8. The third-order valence-corrected chi connectivity index (χ3v) is 6.57. The molecule has 0 saturated carbocycles. The van der Waals surface area contributed by atoms with Crippen molar-refractivity contribution in [3.8, 4) is 11.4 Å². The molecule has 2 heterocycles. The number of nitrogens with zero attached hydrogens (tertiary/aromatic N) is 4. The Balaban J connectivity index is 1.08. The fourth-order valence-corrected chi connectivity index (χ4v) is 4.64. The minimum absolute atomic E-state index is 0.0494. The van der Waals surface area contributed by atoms with Crippen molar-refractivity contribution in [1.29, 1.82) is 0 Å². The average Bonchev–Trinajstić information content (AvgIpc) is 3.52. The summed E-state index contributed by atoms with van der Waals surface area (Å²) in [6.45, 7) is 3.34. The minimum atomic E-state index is 0.0494. The predicted octanol–water partition coefficient (Wildman–Crippen LogP) is 3.53. The van der Waals surface area contributed by atoms with Crippen molar-refractivity contribution < 1.29 is 14.1 Å². The monoisotopic (exact) mass is 444 g/mol. The molecule has 0 atom stereocenters. The van der Waals surface area contributed by atoms with Gasteiger partial charge in [0, 0.05) is 50.1 Å². The van der Waals surface area contributed by atoms with E-state index in [0.29, 0.717) is 31.3 Å². The van der Waals surface area contributed by atoms with E-state index in [1.807, 2.05) is 47.4 Å². The van der Waals surface area contributed by atoms with Crippen LogP contribution in [-0.4, -0.2) is 57.8 Å². The van der Waals surface area contributed by atoms with Gasteiger partial charge in [0.1, 0.15) is 0 Å². The summed E-state index contributed by atoms with van der Waals surface area (Å²) in [5.74, 6) is 1.27. The van der Waals surface area contributed by atoms with Crippen LogP contribution in [0.3, 0.4) is 0 Å². The molecule has 0 N–H and O–H groups in total. The predicted molar refractivity (Wildman–Crippen MR) is 124 cm³/mol. The van der Waals surface area contributed by atoms with E-state index in [1.165, 1.54) is 11.1 Å². The zero-order valence-electron chi connectivity index (χ0n) is 18.7. The average molecular weight is 445 g/mol. The molecule has 7 nitrogen and oxygen atoms in total. The van der Waals surface area contributed by atoms with E-state index in [9.17, 15) is 9.59 Å². The van der Waals surface area contributed by atoms with E-state index < -0.39 is 0 Å². The molecule has 1 amide bonds. The second-order valence-electron chi connectivity index (χ2n) is 8.79. The number of rotatable bonds is 7. The highest BCUT2D eigenvalue weighted by atomic mass is 16.5. The highest BCUT2D eigenvalue weighted by molar-refractivity contribution is 5.98. The van der Waals surface area contributed by atoms with Crippen molar-refractivity contribution in [2.75, 3.05) is 26.2 Å². The largest absolute Gasteiger partial charge is 0.340 e. The number of hydrogen-bond acceptors (Lipinski definition) is 6. The van der Waals surface area contributed by atoms with Gasteiger partial charge in [0.15, 0.2) is 5.78 Å². The van der Waals surface area contributed by atoms with E-state index in [2.05, 4.69) is 21.1 Å². The quantitative estimate of drug-likeness (QED) is 0.519. The third kappa shape index (κ3) is 5.03. The molecule has 3 aromatic rings. The molecular weight excluding hydrogens is 416 g/mol. The molecule has 1 aliphatic heterocycles. The lowest BCUT2D eigenvalue weighted by atomic mass is 10.0. The first kappa shape index (κ1) is 21.5. The molecule has 5 rings (SSSR count). The SMILES string of the molecule is O=C(CCC(=O)N1CCN(Cc2nc(-c3ccccc3)no2)CC1)c1ccc2c(c1)CCC2. The van der Waals surface area contributed by atoms with Crippen molar-refractivity contribution >= 4 is 11.7 Å². The van der Waals surface area contributed by atoms with Crippen LogP contribution < -0.4 is 0 Å². The third-order valence-electron chi connectivity index (χ3n) is 6.57. The Morgan fingerprint density at radius 3 is 2.52 bits per heavy atom. The molecule has 1 fully saturated rings. The molecule has 0 unspecified atom stereocenters. The Morgan fingerprint density at radius 2 is 1.70 bits per heavy atom. The highest BCUT2D eigenvalue weighted by Gasteiger charge is 2.23. The van der Waals surface area contributed by atoms with Gasteiger partial charge < -0.3 is 9.42 Å². The number of fused-ring (bicyclic) bond motifs is 1. The molecule has 33 heavy (non-hydrogen) atoms. The smallest absolute Gasteiger partial charge is 0.241 e. The summed E-state index contributed by atoms with van der Waals surface area (Å²) in [5, 5.41) is 4.07. The first-order valence-electron chi connectivity index (χ1n) is 11.7. The Hall–Kier alpha value is -3.32. The van der Waals surface area contributed by atoms with Crippen molar-refractivity contribution in [1.82, 2.24) is 19.9 Å². The lowest BCUT2D eigenvalue weighted by Gasteiger charge is -2.34. The Labute approximate surface area is 193 Å². The molecule has 7 heteroatoms. The molecule has 2 aromatic carbocycles. The maximum Gasteiger partial charge on any atom is 0.241 e. The van der Waals surface area contributed by atoms with Gasteiger partial charge in [-0.05, 0) is 36.5 Å². The lowest BCUT2D eigenvalue weighted by molar-refractivity contribution is -0.133. The highest BCUT2D eigenvalue weighted by Crippen LogP contribution is 2.23. The number of carbonyl (C=O) groups is 2. The maximum absolute atomic E-state index is 12.7. The van der Waals surface area contributed by atoms with Gasteiger partial charge in [-0.1, -0.05) is 47.6 Å². The number of benzene rings is 2. The molecular formula is C26H28N4O3. The molecule has 1 aliphatic carbocycles. The number of hydrogen-bond donors (Lipinski definition) is 0. The number of ketones is 1. The van der Waals surface area contributed by atoms with Gasteiger partial charge >= 0.3 is 0 Å². The van der Waals surface area contributed by atoms with Crippen molar-refractivity contribution in [2.24, 2.45) is 0 Å². The van der Waals surface area contributed by atoms with Crippen LogP contribution in [0.15, 0.2) is 53.1 Å². The summed E-state index contributed by atoms with van der Waals surface area (Å²) in [7, 11) is 0. The van der Waals surface area contributed by atoms with Crippen LogP contribution >= 0.6 is 0 Å². The van der Waals surface area contributed by atoms with Crippen LogP contribution in [0, 0.1) is 0 Å². The Morgan fingerprint density at radius 1 is 0.909 bits per heavy atom. The summed E-state index contributed by atoms with van der Waals surface area (Å²) in [6, 6.07) is 15.8. The Bertz CT molecular complexity index is 1130. The second-order valence-corrected chi connectivity index (χ2v) is 8.79.